The van der Waals surface area contributed by atoms with E-state index in [-0.39, 0.29) is 0 Å². The molecule has 0 saturated carbocycles. The van der Waals surface area contributed by atoms with E-state index in [0.717, 1.165) is 35.2 Å². The molecule has 6 aromatic rings. The van der Waals surface area contributed by atoms with Crippen molar-refractivity contribution in [1.29, 1.82) is 0 Å². The minimum absolute atomic E-state index is 0.533. The van der Waals surface area contributed by atoms with Gasteiger partial charge >= 0.3 is 0 Å². The van der Waals surface area contributed by atoms with Gasteiger partial charge in [0.2, 0.25) is 0 Å². The normalized spacial score (nSPS) is 13.2. The van der Waals surface area contributed by atoms with Gasteiger partial charge in [-0.05, 0) is 95.6 Å². The van der Waals surface area contributed by atoms with Crippen LogP contribution in [0.5, 0.6) is 0 Å². The van der Waals surface area contributed by atoms with Crippen LogP contribution in [0.15, 0.2) is 69.5 Å². The molecule has 2 heterocycles. The molecule has 6 rings (SSSR count). The van der Waals surface area contributed by atoms with E-state index < -0.39 is 0 Å². The fraction of sp³-hybridized carbons (Fsp3) is 0.267. The second kappa shape index (κ2) is 7.41. The molecule has 2 aromatic heterocycles. The molecule has 0 N–H and O–H groups in total. The highest BCUT2D eigenvalue weighted by Gasteiger charge is 2.17. The Morgan fingerprint density at radius 2 is 1.25 bits per heavy atom. The van der Waals surface area contributed by atoms with Crippen LogP contribution in [0.3, 0.4) is 0 Å². The standard InChI is InChI=1S/C30H28O2/c1-4-6-7-19-8-12-25-23(16-19)29-21-10-15-28-30(22(21)11-14-27(29)31-25)24-17-20(18(3)5-2)9-13-26(24)32-28/h8-18H,4-7H2,1-3H3. The predicted octanol–water partition coefficient (Wildman–Crippen LogP) is 9.49. The number of aryl methyl sites for hydroxylation is 1. The molecule has 160 valence electrons. The van der Waals surface area contributed by atoms with Crippen molar-refractivity contribution in [3.05, 3.63) is 71.8 Å². The van der Waals surface area contributed by atoms with E-state index in [1.807, 2.05) is 0 Å². The molecule has 0 amide bonds. The molecular formula is C30H28O2. The minimum Gasteiger partial charge on any atom is -0.456 e. The third-order valence-corrected chi connectivity index (χ3v) is 7.15. The van der Waals surface area contributed by atoms with Gasteiger partial charge in [-0.1, -0.05) is 39.3 Å². The van der Waals surface area contributed by atoms with Gasteiger partial charge in [0.05, 0.1) is 0 Å². The van der Waals surface area contributed by atoms with Crippen LogP contribution in [0, 0.1) is 0 Å². The van der Waals surface area contributed by atoms with E-state index in [4.69, 9.17) is 8.83 Å². The second-order valence-electron chi connectivity index (χ2n) is 9.18. The van der Waals surface area contributed by atoms with Crippen molar-refractivity contribution in [2.75, 3.05) is 0 Å². The number of furan rings is 2. The Bertz CT molecular complexity index is 1610. The van der Waals surface area contributed by atoms with Crippen LogP contribution < -0.4 is 0 Å². The van der Waals surface area contributed by atoms with Crippen molar-refractivity contribution in [1.82, 2.24) is 0 Å². The maximum Gasteiger partial charge on any atom is 0.136 e. The highest BCUT2D eigenvalue weighted by molar-refractivity contribution is 6.27. The average Bonchev–Trinajstić information content (AvgIpc) is 3.39. The Kier molecular flexibility index (Phi) is 4.50. The van der Waals surface area contributed by atoms with Gasteiger partial charge in [-0.15, -0.1) is 0 Å². The first kappa shape index (κ1) is 19.4. The predicted molar refractivity (Wildman–Crippen MR) is 136 cm³/mol. The van der Waals surface area contributed by atoms with Crippen LogP contribution in [-0.2, 0) is 6.42 Å². The fourth-order valence-electron chi connectivity index (χ4n) is 5.10. The largest absolute Gasteiger partial charge is 0.456 e. The van der Waals surface area contributed by atoms with Crippen molar-refractivity contribution < 1.29 is 8.83 Å². The van der Waals surface area contributed by atoms with Crippen molar-refractivity contribution in [3.63, 3.8) is 0 Å². The molecule has 0 saturated heterocycles. The van der Waals surface area contributed by atoms with Crippen molar-refractivity contribution in [3.8, 4) is 0 Å². The van der Waals surface area contributed by atoms with Crippen LogP contribution in [0.4, 0.5) is 0 Å². The van der Waals surface area contributed by atoms with Gasteiger partial charge in [0.15, 0.2) is 0 Å². The molecule has 0 radical (unpaired) electrons. The van der Waals surface area contributed by atoms with E-state index in [1.165, 1.54) is 56.3 Å². The molecule has 0 bridgehead atoms. The molecule has 32 heavy (non-hydrogen) atoms. The summed E-state index contributed by atoms with van der Waals surface area (Å²) < 4.78 is 12.5. The van der Waals surface area contributed by atoms with Crippen LogP contribution >= 0.6 is 0 Å². The summed E-state index contributed by atoms with van der Waals surface area (Å²) in [7, 11) is 0. The summed E-state index contributed by atoms with van der Waals surface area (Å²) in [6, 6.07) is 22.0. The topological polar surface area (TPSA) is 26.3 Å². The lowest BCUT2D eigenvalue weighted by atomic mass is 9.95. The van der Waals surface area contributed by atoms with E-state index in [1.54, 1.807) is 0 Å². The number of fused-ring (bicyclic) bond motifs is 9. The smallest absolute Gasteiger partial charge is 0.136 e. The Morgan fingerprint density at radius 1 is 0.656 bits per heavy atom. The summed E-state index contributed by atoms with van der Waals surface area (Å²) in [6.45, 7) is 6.78. The molecule has 0 fully saturated rings. The Labute approximate surface area is 187 Å². The Hall–Kier alpha value is -3.26. The van der Waals surface area contributed by atoms with Crippen LogP contribution in [0.1, 0.15) is 57.1 Å². The number of benzene rings is 4. The van der Waals surface area contributed by atoms with E-state index in [2.05, 4.69) is 81.4 Å². The first-order valence-electron chi connectivity index (χ1n) is 11.9. The summed E-state index contributed by atoms with van der Waals surface area (Å²) >= 11 is 0. The monoisotopic (exact) mass is 420 g/mol. The molecular weight excluding hydrogens is 392 g/mol. The number of hydrogen-bond donors (Lipinski definition) is 0. The van der Waals surface area contributed by atoms with E-state index >= 15 is 0 Å². The van der Waals surface area contributed by atoms with Gasteiger partial charge in [-0.2, -0.15) is 0 Å². The zero-order valence-corrected chi connectivity index (χ0v) is 19.0. The van der Waals surface area contributed by atoms with Gasteiger partial charge in [0.25, 0.3) is 0 Å². The molecule has 1 atom stereocenters. The van der Waals surface area contributed by atoms with Crippen LogP contribution in [0.25, 0.3) is 54.6 Å². The van der Waals surface area contributed by atoms with E-state index in [9.17, 15) is 0 Å². The lowest BCUT2D eigenvalue weighted by molar-refractivity contribution is 0.667. The number of hydrogen-bond acceptors (Lipinski definition) is 2. The summed E-state index contributed by atoms with van der Waals surface area (Å²) in [4.78, 5) is 0. The summed E-state index contributed by atoms with van der Waals surface area (Å²) in [5.74, 6) is 0.533. The highest BCUT2D eigenvalue weighted by atomic mass is 16.3. The molecule has 4 aromatic carbocycles. The maximum absolute atomic E-state index is 6.25. The summed E-state index contributed by atoms with van der Waals surface area (Å²) in [5, 5.41) is 7.31. The SMILES string of the molecule is CCCCc1ccc2oc3ccc4c(ccc5oc6ccc(C(C)CC)cc6c54)c3c2c1. The first-order valence-corrected chi connectivity index (χ1v) is 11.9. The van der Waals surface area contributed by atoms with Crippen LogP contribution in [-0.4, -0.2) is 0 Å². The minimum atomic E-state index is 0.533. The van der Waals surface area contributed by atoms with Gasteiger partial charge in [-0.25, -0.2) is 0 Å². The van der Waals surface area contributed by atoms with Crippen molar-refractivity contribution in [2.24, 2.45) is 0 Å². The van der Waals surface area contributed by atoms with Crippen LogP contribution in [0.2, 0.25) is 0 Å². The average molecular weight is 421 g/mol. The van der Waals surface area contributed by atoms with Gasteiger partial charge in [0, 0.05) is 21.5 Å². The third-order valence-electron chi connectivity index (χ3n) is 7.15. The Morgan fingerprint density at radius 3 is 1.88 bits per heavy atom. The lowest BCUT2D eigenvalue weighted by Crippen LogP contribution is -1.90. The number of unbranched alkanes of at least 4 members (excludes halogenated alkanes) is 1. The van der Waals surface area contributed by atoms with Gasteiger partial charge < -0.3 is 8.83 Å². The number of rotatable bonds is 5. The van der Waals surface area contributed by atoms with E-state index in [0.29, 0.717) is 5.92 Å². The summed E-state index contributed by atoms with van der Waals surface area (Å²) in [5.41, 5.74) is 6.57. The first-order chi connectivity index (χ1) is 15.7. The zero-order chi connectivity index (χ0) is 21.8. The fourth-order valence-corrected chi connectivity index (χ4v) is 5.10. The molecule has 0 spiro atoms. The quantitative estimate of drug-likeness (QED) is 0.277. The third kappa shape index (κ3) is 2.86. The maximum atomic E-state index is 6.25. The van der Waals surface area contributed by atoms with Crippen molar-refractivity contribution >= 4 is 54.6 Å². The molecule has 0 aliphatic carbocycles. The molecule has 0 aliphatic heterocycles. The second-order valence-corrected chi connectivity index (χ2v) is 9.18. The molecule has 1 unspecified atom stereocenters. The van der Waals surface area contributed by atoms with Gasteiger partial charge in [0.1, 0.15) is 22.3 Å². The highest BCUT2D eigenvalue weighted by Crippen LogP contribution is 2.41. The zero-order valence-electron chi connectivity index (χ0n) is 19.0. The summed E-state index contributed by atoms with van der Waals surface area (Å²) in [6.07, 6.45) is 4.66. The molecule has 2 heteroatoms. The molecule has 2 nitrogen and oxygen atoms in total. The van der Waals surface area contributed by atoms with Gasteiger partial charge in [-0.3, -0.25) is 0 Å². The molecule has 0 aliphatic rings. The Balaban J connectivity index is 1.68. The van der Waals surface area contributed by atoms with Crippen molar-refractivity contribution in [2.45, 2.75) is 52.4 Å². The lowest BCUT2D eigenvalue weighted by Gasteiger charge is -2.08.